The van der Waals surface area contributed by atoms with Crippen molar-refractivity contribution in [1.29, 1.82) is 0 Å². The molecule has 1 atom stereocenters. The summed E-state index contributed by atoms with van der Waals surface area (Å²) in [4.78, 5) is 33.1. The molecule has 2 N–H and O–H groups in total. The van der Waals surface area contributed by atoms with Crippen molar-refractivity contribution >= 4 is 33.2 Å². The molecule has 0 saturated heterocycles. The number of H-pyrrole nitrogens is 1. The second kappa shape index (κ2) is 8.43. The van der Waals surface area contributed by atoms with E-state index in [0.29, 0.717) is 33.1 Å². The van der Waals surface area contributed by atoms with Gasteiger partial charge in [0.2, 0.25) is 0 Å². The number of thiophene rings is 1. The number of para-hydroxylation sites is 2. The van der Waals surface area contributed by atoms with Gasteiger partial charge < -0.3 is 19.8 Å². The first-order valence-corrected chi connectivity index (χ1v) is 9.96. The number of carbonyl (C=O) groups is 1. The zero-order valence-corrected chi connectivity index (χ0v) is 17.1. The molecule has 0 bridgehead atoms. The van der Waals surface area contributed by atoms with Gasteiger partial charge in [0.15, 0.2) is 0 Å². The lowest BCUT2D eigenvalue weighted by molar-refractivity contribution is 0.0531. The zero-order chi connectivity index (χ0) is 20.3. The lowest BCUT2D eigenvalue weighted by atomic mass is 10.2. The van der Waals surface area contributed by atoms with Gasteiger partial charge in [-0.3, -0.25) is 4.79 Å². The summed E-state index contributed by atoms with van der Waals surface area (Å²) in [6.45, 7) is 8.15. The van der Waals surface area contributed by atoms with Crippen molar-refractivity contribution < 1.29 is 14.3 Å². The Labute approximate surface area is 166 Å². The van der Waals surface area contributed by atoms with Gasteiger partial charge in [-0.2, -0.15) is 0 Å². The van der Waals surface area contributed by atoms with Crippen LogP contribution in [-0.2, 0) is 4.74 Å². The number of aryl methyl sites for hydroxylation is 1. The molecule has 148 valence electrons. The summed E-state index contributed by atoms with van der Waals surface area (Å²) in [5.41, 5.74) is 1.14. The molecule has 3 aromatic rings. The van der Waals surface area contributed by atoms with Crippen molar-refractivity contribution in [3.63, 3.8) is 0 Å². The van der Waals surface area contributed by atoms with Gasteiger partial charge in [0.25, 0.3) is 5.56 Å². The minimum absolute atomic E-state index is 0.268. The van der Waals surface area contributed by atoms with Crippen molar-refractivity contribution in [2.75, 3.05) is 18.5 Å². The summed E-state index contributed by atoms with van der Waals surface area (Å²) in [6.07, 6.45) is 0. The van der Waals surface area contributed by atoms with Gasteiger partial charge in [0.1, 0.15) is 21.3 Å². The SMILES string of the molecule is CCOC(=O)c1sc2nc([C@H](C)Nc3ccccc3OCC)[nH]c(=O)c2c1C. The van der Waals surface area contributed by atoms with Crippen molar-refractivity contribution in [2.24, 2.45) is 0 Å². The van der Waals surface area contributed by atoms with Crippen LogP contribution in [0.25, 0.3) is 10.2 Å². The van der Waals surface area contributed by atoms with Crippen LogP contribution < -0.4 is 15.6 Å². The van der Waals surface area contributed by atoms with Crippen molar-refractivity contribution in [2.45, 2.75) is 33.7 Å². The van der Waals surface area contributed by atoms with Crippen LogP contribution in [0.4, 0.5) is 5.69 Å². The van der Waals surface area contributed by atoms with Crippen molar-refractivity contribution in [3.05, 3.63) is 50.9 Å². The number of aromatic nitrogens is 2. The third kappa shape index (κ3) is 3.87. The Morgan fingerprint density at radius 2 is 2.04 bits per heavy atom. The second-order valence-electron chi connectivity index (χ2n) is 6.20. The third-order valence-corrected chi connectivity index (χ3v) is 5.41. The van der Waals surface area contributed by atoms with E-state index in [4.69, 9.17) is 9.47 Å². The molecule has 28 heavy (non-hydrogen) atoms. The first-order valence-electron chi connectivity index (χ1n) is 9.15. The highest BCUT2D eigenvalue weighted by atomic mass is 32.1. The molecular formula is C20H23N3O4S. The molecule has 2 aromatic heterocycles. The molecule has 0 aliphatic rings. The minimum Gasteiger partial charge on any atom is -0.492 e. The zero-order valence-electron chi connectivity index (χ0n) is 16.3. The fourth-order valence-electron chi connectivity index (χ4n) is 2.93. The number of fused-ring (bicyclic) bond motifs is 1. The first-order chi connectivity index (χ1) is 13.5. The van der Waals surface area contributed by atoms with Crippen LogP contribution in [-0.4, -0.2) is 29.2 Å². The molecule has 3 rings (SSSR count). The normalized spacial score (nSPS) is 12.0. The Bertz CT molecular complexity index is 1060. The Morgan fingerprint density at radius 1 is 1.29 bits per heavy atom. The Morgan fingerprint density at radius 3 is 2.75 bits per heavy atom. The number of esters is 1. The summed E-state index contributed by atoms with van der Waals surface area (Å²) in [7, 11) is 0. The van der Waals surface area contributed by atoms with E-state index in [1.54, 1.807) is 13.8 Å². The fourth-order valence-corrected chi connectivity index (χ4v) is 4.01. The summed E-state index contributed by atoms with van der Waals surface area (Å²) >= 11 is 1.18. The molecule has 0 aliphatic heterocycles. The van der Waals surface area contributed by atoms with E-state index in [-0.39, 0.29) is 18.2 Å². The van der Waals surface area contributed by atoms with Gasteiger partial charge in [0, 0.05) is 0 Å². The molecule has 7 nitrogen and oxygen atoms in total. The monoisotopic (exact) mass is 401 g/mol. The predicted octanol–water partition coefficient (Wildman–Crippen LogP) is 4.04. The number of rotatable bonds is 7. The smallest absolute Gasteiger partial charge is 0.348 e. The maximum absolute atomic E-state index is 12.6. The fraction of sp³-hybridized carbons (Fsp3) is 0.350. The first kappa shape index (κ1) is 19.9. The van der Waals surface area contributed by atoms with Crippen LogP contribution in [0, 0.1) is 6.92 Å². The molecule has 0 amide bonds. The molecule has 8 heteroatoms. The van der Waals surface area contributed by atoms with Crippen LogP contribution in [0.1, 0.15) is 47.9 Å². The van der Waals surface area contributed by atoms with E-state index in [9.17, 15) is 9.59 Å². The lowest BCUT2D eigenvalue weighted by Crippen LogP contribution is -2.18. The number of anilines is 1. The minimum atomic E-state index is -0.430. The molecule has 2 heterocycles. The largest absolute Gasteiger partial charge is 0.492 e. The lowest BCUT2D eigenvalue weighted by Gasteiger charge is -2.17. The predicted molar refractivity (Wildman–Crippen MR) is 111 cm³/mol. The van der Waals surface area contributed by atoms with Gasteiger partial charge in [0.05, 0.1) is 30.3 Å². The number of aromatic amines is 1. The molecule has 0 unspecified atom stereocenters. The average Bonchev–Trinajstić information content (AvgIpc) is 3.01. The average molecular weight is 401 g/mol. The molecule has 0 aliphatic carbocycles. The van der Waals surface area contributed by atoms with Gasteiger partial charge in [-0.25, -0.2) is 9.78 Å². The Hall–Kier alpha value is -2.87. The topological polar surface area (TPSA) is 93.3 Å². The molecule has 0 saturated carbocycles. The van der Waals surface area contributed by atoms with Crippen molar-refractivity contribution in [3.8, 4) is 5.75 Å². The summed E-state index contributed by atoms with van der Waals surface area (Å²) in [5.74, 6) is 0.790. The molecule has 0 fully saturated rings. The molecule has 0 spiro atoms. The quantitative estimate of drug-likeness (QED) is 0.581. The van der Waals surface area contributed by atoms with E-state index in [2.05, 4.69) is 15.3 Å². The van der Waals surface area contributed by atoms with Gasteiger partial charge in [-0.15, -0.1) is 11.3 Å². The van der Waals surface area contributed by atoms with E-state index in [1.165, 1.54) is 11.3 Å². The number of benzene rings is 1. The highest BCUT2D eigenvalue weighted by Crippen LogP contribution is 2.30. The molecule has 1 aromatic carbocycles. The maximum Gasteiger partial charge on any atom is 0.348 e. The standard InChI is InChI=1S/C20H23N3O4S/c1-5-26-14-10-8-7-9-13(14)21-12(4)17-22-18(24)15-11(3)16(20(25)27-6-2)28-19(15)23-17/h7-10,12,21H,5-6H2,1-4H3,(H,22,23,24)/t12-/m0/s1. The van der Waals surface area contributed by atoms with Gasteiger partial charge in [-0.05, 0) is 45.4 Å². The third-order valence-electron chi connectivity index (χ3n) is 4.25. The van der Waals surface area contributed by atoms with Crippen molar-refractivity contribution in [1.82, 2.24) is 9.97 Å². The summed E-state index contributed by atoms with van der Waals surface area (Å²) < 4.78 is 10.7. The number of ether oxygens (including phenoxy) is 2. The highest BCUT2D eigenvalue weighted by Gasteiger charge is 2.21. The highest BCUT2D eigenvalue weighted by molar-refractivity contribution is 7.20. The number of hydrogen-bond acceptors (Lipinski definition) is 7. The molecular weight excluding hydrogens is 378 g/mol. The second-order valence-corrected chi connectivity index (χ2v) is 7.20. The Balaban J connectivity index is 1.96. The van der Waals surface area contributed by atoms with Crippen LogP contribution in [0.5, 0.6) is 5.75 Å². The number of nitrogens with zero attached hydrogens (tertiary/aromatic N) is 1. The van der Waals surface area contributed by atoms with Crippen LogP contribution >= 0.6 is 11.3 Å². The Kier molecular flexibility index (Phi) is 5.99. The maximum atomic E-state index is 12.6. The van der Waals surface area contributed by atoms with E-state index >= 15 is 0 Å². The van der Waals surface area contributed by atoms with E-state index < -0.39 is 5.97 Å². The van der Waals surface area contributed by atoms with Gasteiger partial charge >= 0.3 is 5.97 Å². The number of nitrogens with one attached hydrogen (secondary N) is 2. The van der Waals surface area contributed by atoms with Crippen LogP contribution in [0.2, 0.25) is 0 Å². The summed E-state index contributed by atoms with van der Waals surface area (Å²) in [6, 6.07) is 7.33. The number of carbonyl (C=O) groups excluding carboxylic acids is 1. The number of hydrogen-bond donors (Lipinski definition) is 2. The van der Waals surface area contributed by atoms with E-state index in [0.717, 1.165) is 11.4 Å². The van der Waals surface area contributed by atoms with E-state index in [1.807, 2.05) is 38.1 Å². The van der Waals surface area contributed by atoms with Gasteiger partial charge in [-0.1, -0.05) is 12.1 Å². The molecule has 0 radical (unpaired) electrons. The van der Waals surface area contributed by atoms with Crippen LogP contribution in [0.3, 0.4) is 0 Å². The summed E-state index contributed by atoms with van der Waals surface area (Å²) in [5, 5.41) is 3.75. The van der Waals surface area contributed by atoms with Crippen LogP contribution in [0.15, 0.2) is 29.1 Å².